The van der Waals surface area contributed by atoms with E-state index in [1.165, 1.54) is 18.5 Å². The first-order chi connectivity index (χ1) is 13.0. The maximum Gasteiger partial charge on any atom is 0.257 e. The average Bonchev–Trinajstić information content (AvgIpc) is 2.69. The summed E-state index contributed by atoms with van der Waals surface area (Å²) in [5.41, 5.74) is 3.38. The van der Waals surface area contributed by atoms with Crippen molar-refractivity contribution in [2.75, 3.05) is 5.32 Å². The summed E-state index contributed by atoms with van der Waals surface area (Å²) in [6, 6.07) is 16.1. The van der Waals surface area contributed by atoms with Gasteiger partial charge in [0.2, 0.25) is 0 Å². The predicted octanol–water partition coefficient (Wildman–Crippen LogP) is 4.23. The van der Waals surface area contributed by atoms with Gasteiger partial charge in [0.05, 0.1) is 11.1 Å². The van der Waals surface area contributed by atoms with Crippen LogP contribution in [0, 0.1) is 6.92 Å². The number of nitrogens with one attached hydrogen (secondary N) is 2. The molecule has 27 heavy (non-hydrogen) atoms. The molecule has 6 heteroatoms. The molecule has 0 fully saturated rings. The van der Waals surface area contributed by atoms with Crippen LogP contribution in [0.25, 0.3) is 0 Å². The monoisotopic (exact) mass is 379 g/mol. The lowest BCUT2D eigenvalue weighted by molar-refractivity contribution is 0.0950. The van der Waals surface area contributed by atoms with Crippen LogP contribution in [0.15, 0.2) is 67.0 Å². The molecule has 0 saturated heterocycles. The second-order valence-corrected chi connectivity index (χ2v) is 6.47. The zero-order valence-electron chi connectivity index (χ0n) is 14.7. The van der Waals surface area contributed by atoms with Gasteiger partial charge >= 0.3 is 0 Å². The van der Waals surface area contributed by atoms with E-state index in [1.807, 2.05) is 31.2 Å². The highest BCUT2D eigenvalue weighted by atomic mass is 35.5. The van der Waals surface area contributed by atoms with Crippen LogP contribution in [0.1, 0.15) is 31.8 Å². The summed E-state index contributed by atoms with van der Waals surface area (Å²) in [5.74, 6) is -0.634. The third-order valence-electron chi connectivity index (χ3n) is 4.07. The topological polar surface area (TPSA) is 71.1 Å². The van der Waals surface area contributed by atoms with E-state index < -0.39 is 0 Å². The fourth-order valence-corrected chi connectivity index (χ4v) is 2.64. The van der Waals surface area contributed by atoms with Gasteiger partial charge in [-0.15, -0.1) is 0 Å². The third kappa shape index (κ3) is 4.92. The Morgan fingerprint density at radius 2 is 1.63 bits per heavy atom. The van der Waals surface area contributed by atoms with Gasteiger partial charge in [-0.05, 0) is 48.4 Å². The molecule has 1 heterocycles. The number of hydrogen-bond acceptors (Lipinski definition) is 3. The molecular formula is C21H18ClN3O2. The van der Waals surface area contributed by atoms with E-state index in [4.69, 9.17) is 11.6 Å². The first kappa shape index (κ1) is 18.6. The summed E-state index contributed by atoms with van der Waals surface area (Å²) < 4.78 is 0. The van der Waals surface area contributed by atoms with E-state index in [0.717, 1.165) is 11.1 Å². The second kappa shape index (κ2) is 8.47. The molecule has 0 unspecified atom stereocenters. The molecule has 0 aliphatic carbocycles. The van der Waals surface area contributed by atoms with E-state index in [-0.39, 0.29) is 11.8 Å². The highest BCUT2D eigenvalue weighted by Crippen LogP contribution is 2.15. The van der Waals surface area contributed by atoms with E-state index in [1.54, 1.807) is 24.3 Å². The number of aromatic nitrogens is 1. The Kier molecular flexibility index (Phi) is 5.84. The number of pyridine rings is 1. The number of carbonyl (C=O) groups is 2. The highest BCUT2D eigenvalue weighted by molar-refractivity contribution is 6.30. The number of aryl methyl sites for hydroxylation is 1. The zero-order valence-corrected chi connectivity index (χ0v) is 15.5. The van der Waals surface area contributed by atoms with Crippen LogP contribution in [0.3, 0.4) is 0 Å². The van der Waals surface area contributed by atoms with Crippen molar-refractivity contribution in [2.45, 2.75) is 13.5 Å². The molecule has 2 amide bonds. The molecule has 0 atom stereocenters. The lowest BCUT2D eigenvalue weighted by Crippen LogP contribution is -2.24. The van der Waals surface area contributed by atoms with Crippen LogP contribution in [0.2, 0.25) is 5.02 Å². The fourth-order valence-electron chi connectivity index (χ4n) is 2.51. The SMILES string of the molecule is Cc1ccccc1CNC(=O)c1cncc(C(=O)Nc2ccc(Cl)cc2)c1. The maximum atomic E-state index is 12.4. The Morgan fingerprint density at radius 1 is 0.963 bits per heavy atom. The van der Waals surface area contributed by atoms with Gasteiger partial charge in [0.25, 0.3) is 11.8 Å². The van der Waals surface area contributed by atoms with Gasteiger partial charge in [0.1, 0.15) is 0 Å². The number of rotatable bonds is 5. The van der Waals surface area contributed by atoms with Crippen molar-refractivity contribution >= 4 is 29.1 Å². The minimum Gasteiger partial charge on any atom is -0.348 e. The molecule has 2 aromatic carbocycles. The Labute approximate surface area is 162 Å². The van der Waals surface area contributed by atoms with Gasteiger partial charge in [0, 0.05) is 29.6 Å². The van der Waals surface area contributed by atoms with Crippen molar-refractivity contribution in [3.05, 3.63) is 94.3 Å². The van der Waals surface area contributed by atoms with Crippen LogP contribution in [0.4, 0.5) is 5.69 Å². The lowest BCUT2D eigenvalue weighted by Gasteiger charge is -2.09. The van der Waals surface area contributed by atoms with Crippen LogP contribution in [0.5, 0.6) is 0 Å². The molecule has 0 radical (unpaired) electrons. The molecule has 3 rings (SSSR count). The third-order valence-corrected chi connectivity index (χ3v) is 4.32. The molecule has 5 nitrogen and oxygen atoms in total. The van der Waals surface area contributed by atoms with Crippen LogP contribution in [-0.4, -0.2) is 16.8 Å². The van der Waals surface area contributed by atoms with Crippen molar-refractivity contribution in [3.63, 3.8) is 0 Å². The van der Waals surface area contributed by atoms with Crippen molar-refractivity contribution in [2.24, 2.45) is 0 Å². The summed E-state index contributed by atoms with van der Waals surface area (Å²) in [5, 5.41) is 6.19. The molecule has 0 spiro atoms. The summed E-state index contributed by atoms with van der Waals surface area (Å²) in [6.45, 7) is 2.40. The fraction of sp³-hybridized carbons (Fsp3) is 0.0952. The van der Waals surface area contributed by atoms with Gasteiger partial charge in [-0.1, -0.05) is 35.9 Å². The molecule has 0 bridgehead atoms. The van der Waals surface area contributed by atoms with Crippen molar-refractivity contribution in [3.8, 4) is 0 Å². The summed E-state index contributed by atoms with van der Waals surface area (Å²) in [4.78, 5) is 28.8. The first-order valence-corrected chi connectivity index (χ1v) is 8.75. The minimum atomic E-state index is -0.349. The van der Waals surface area contributed by atoms with Crippen molar-refractivity contribution < 1.29 is 9.59 Å². The number of nitrogens with zero attached hydrogens (tertiary/aromatic N) is 1. The molecule has 0 saturated carbocycles. The Bertz CT molecular complexity index is 971. The van der Waals surface area contributed by atoms with Crippen LogP contribution in [-0.2, 0) is 6.54 Å². The van der Waals surface area contributed by atoms with E-state index in [2.05, 4.69) is 15.6 Å². The number of halogens is 1. The molecule has 0 aliphatic heterocycles. The zero-order chi connectivity index (χ0) is 19.2. The molecule has 0 aliphatic rings. The largest absolute Gasteiger partial charge is 0.348 e. The molecule has 136 valence electrons. The Morgan fingerprint density at radius 3 is 2.33 bits per heavy atom. The smallest absolute Gasteiger partial charge is 0.257 e. The molecule has 3 aromatic rings. The van der Waals surface area contributed by atoms with E-state index >= 15 is 0 Å². The normalized spacial score (nSPS) is 10.3. The predicted molar refractivity (Wildman–Crippen MR) is 106 cm³/mol. The van der Waals surface area contributed by atoms with Gasteiger partial charge in [-0.3, -0.25) is 14.6 Å². The number of amides is 2. The molecule has 1 aromatic heterocycles. The quantitative estimate of drug-likeness (QED) is 0.697. The van der Waals surface area contributed by atoms with Crippen molar-refractivity contribution in [1.82, 2.24) is 10.3 Å². The van der Waals surface area contributed by atoms with Gasteiger partial charge in [-0.25, -0.2) is 0 Å². The number of hydrogen-bond donors (Lipinski definition) is 2. The van der Waals surface area contributed by atoms with Gasteiger partial charge in [0.15, 0.2) is 0 Å². The first-order valence-electron chi connectivity index (χ1n) is 8.37. The highest BCUT2D eigenvalue weighted by Gasteiger charge is 2.12. The average molecular weight is 380 g/mol. The second-order valence-electron chi connectivity index (χ2n) is 6.03. The van der Waals surface area contributed by atoms with Crippen LogP contribution >= 0.6 is 11.6 Å². The standard InChI is InChI=1S/C21H18ClN3O2/c1-14-4-2-3-5-15(14)13-24-20(26)16-10-17(12-23-11-16)21(27)25-19-8-6-18(22)7-9-19/h2-12H,13H2,1H3,(H,24,26)(H,25,27). The molecule has 2 N–H and O–H groups in total. The summed E-state index contributed by atoms with van der Waals surface area (Å²) in [7, 11) is 0. The lowest BCUT2D eigenvalue weighted by atomic mass is 10.1. The van der Waals surface area contributed by atoms with E-state index in [9.17, 15) is 9.59 Å². The van der Waals surface area contributed by atoms with E-state index in [0.29, 0.717) is 28.4 Å². The number of benzene rings is 2. The summed E-state index contributed by atoms with van der Waals surface area (Å²) in [6.07, 6.45) is 2.86. The minimum absolute atomic E-state index is 0.285. The Balaban J connectivity index is 1.67. The van der Waals surface area contributed by atoms with Gasteiger partial charge < -0.3 is 10.6 Å². The molecular weight excluding hydrogens is 362 g/mol. The number of carbonyl (C=O) groups excluding carboxylic acids is 2. The summed E-state index contributed by atoms with van der Waals surface area (Å²) >= 11 is 5.84. The Hall–Kier alpha value is -3.18. The number of anilines is 1. The van der Waals surface area contributed by atoms with Crippen molar-refractivity contribution in [1.29, 1.82) is 0 Å². The van der Waals surface area contributed by atoms with Gasteiger partial charge in [-0.2, -0.15) is 0 Å². The maximum absolute atomic E-state index is 12.4. The van der Waals surface area contributed by atoms with Crippen LogP contribution < -0.4 is 10.6 Å².